The van der Waals surface area contributed by atoms with Crippen LogP contribution in [0.1, 0.15) is 5.56 Å². The third-order valence-electron chi connectivity index (χ3n) is 2.64. The zero-order chi connectivity index (χ0) is 14.4. The summed E-state index contributed by atoms with van der Waals surface area (Å²) in [6, 6.07) is 15.1. The maximum atomic E-state index is 8.50. The number of nitrogens with one attached hydrogen (secondary N) is 1. The van der Waals surface area contributed by atoms with Crippen molar-refractivity contribution in [1.82, 2.24) is 0 Å². The lowest BCUT2D eigenvalue weighted by Gasteiger charge is -2.10. The van der Waals surface area contributed by atoms with Gasteiger partial charge in [-0.15, -0.1) is 0 Å². The highest BCUT2D eigenvalue weighted by molar-refractivity contribution is 9.10. The van der Waals surface area contributed by atoms with E-state index in [2.05, 4.69) is 21.2 Å². The van der Waals surface area contributed by atoms with Gasteiger partial charge >= 0.3 is 0 Å². The van der Waals surface area contributed by atoms with Crippen LogP contribution >= 0.6 is 27.5 Å². The largest absolute Gasteiger partial charge is 0.479 e. The van der Waals surface area contributed by atoms with E-state index in [1.54, 1.807) is 0 Å². The Morgan fingerprint density at radius 3 is 2.85 bits per heavy atom. The van der Waals surface area contributed by atoms with Crippen LogP contribution in [0, 0.1) is 11.3 Å². The fraction of sp³-hybridized carbons (Fsp3) is 0.133. The molecule has 0 aliphatic heterocycles. The molecule has 3 nitrogen and oxygen atoms in total. The van der Waals surface area contributed by atoms with Crippen molar-refractivity contribution < 1.29 is 4.74 Å². The molecule has 0 unspecified atom stereocenters. The van der Waals surface area contributed by atoms with Gasteiger partial charge in [-0.05, 0) is 29.8 Å². The first-order chi connectivity index (χ1) is 9.69. The topological polar surface area (TPSA) is 45.0 Å². The molecule has 0 aliphatic rings. The van der Waals surface area contributed by atoms with E-state index in [1.165, 1.54) is 0 Å². The molecule has 2 rings (SSSR count). The average Bonchev–Trinajstić information content (AvgIpc) is 2.45. The second-order valence-electron chi connectivity index (χ2n) is 4.06. The van der Waals surface area contributed by atoms with Crippen LogP contribution in [-0.4, -0.2) is 6.61 Å². The van der Waals surface area contributed by atoms with E-state index >= 15 is 0 Å². The van der Waals surface area contributed by atoms with Gasteiger partial charge in [-0.3, -0.25) is 0 Å². The van der Waals surface area contributed by atoms with Crippen LogP contribution in [0.2, 0.25) is 5.02 Å². The van der Waals surface area contributed by atoms with Gasteiger partial charge in [0.15, 0.2) is 6.61 Å². The van der Waals surface area contributed by atoms with Gasteiger partial charge in [-0.2, -0.15) is 5.26 Å². The van der Waals surface area contributed by atoms with Gasteiger partial charge in [0.25, 0.3) is 0 Å². The van der Waals surface area contributed by atoms with Crippen molar-refractivity contribution in [2.24, 2.45) is 0 Å². The fourth-order valence-corrected chi connectivity index (χ4v) is 2.50. The van der Waals surface area contributed by atoms with Gasteiger partial charge in [-0.25, -0.2) is 0 Å². The van der Waals surface area contributed by atoms with Gasteiger partial charge in [0, 0.05) is 27.8 Å². The van der Waals surface area contributed by atoms with Crippen LogP contribution in [-0.2, 0) is 6.54 Å². The van der Waals surface area contributed by atoms with Crippen LogP contribution in [0.5, 0.6) is 5.75 Å². The molecule has 0 heterocycles. The minimum Gasteiger partial charge on any atom is -0.479 e. The van der Waals surface area contributed by atoms with Gasteiger partial charge in [-0.1, -0.05) is 39.7 Å². The summed E-state index contributed by atoms with van der Waals surface area (Å²) in [5, 5.41) is 12.5. The van der Waals surface area contributed by atoms with Crippen molar-refractivity contribution in [1.29, 1.82) is 5.26 Å². The summed E-state index contributed by atoms with van der Waals surface area (Å²) in [6.45, 7) is 0.714. The molecule has 0 aliphatic carbocycles. The molecule has 0 amide bonds. The molecule has 5 heteroatoms. The zero-order valence-corrected chi connectivity index (χ0v) is 12.9. The minimum atomic E-state index is 0.0478. The second kappa shape index (κ2) is 7.18. The molecule has 0 fully saturated rings. The number of ether oxygens (including phenoxy) is 1. The Morgan fingerprint density at radius 1 is 1.25 bits per heavy atom. The number of nitriles is 1. The standard InChI is InChI=1S/C15H12BrClN2O/c16-15-8-12(17)5-4-11(15)10-19-13-2-1-3-14(9-13)20-7-6-18/h1-5,8-9,19H,7,10H2. The van der Waals surface area contributed by atoms with E-state index < -0.39 is 0 Å². The zero-order valence-electron chi connectivity index (χ0n) is 10.6. The van der Waals surface area contributed by atoms with Crippen molar-refractivity contribution in [2.45, 2.75) is 6.54 Å². The number of benzene rings is 2. The van der Waals surface area contributed by atoms with Gasteiger partial charge in [0.1, 0.15) is 11.8 Å². The fourth-order valence-electron chi connectivity index (χ4n) is 1.67. The number of hydrogen-bond donors (Lipinski definition) is 1. The number of anilines is 1. The summed E-state index contributed by atoms with van der Waals surface area (Å²) in [7, 11) is 0. The molecule has 102 valence electrons. The van der Waals surface area contributed by atoms with Crippen LogP contribution < -0.4 is 10.1 Å². The van der Waals surface area contributed by atoms with Gasteiger partial charge in [0.05, 0.1) is 0 Å². The van der Waals surface area contributed by atoms with Crippen LogP contribution in [0.15, 0.2) is 46.9 Å². The number of hydrogen-bond acceptors (Lipinski definition) is 3. The SMILES string of the molecule is N#CCOc1cccc(NCc2ccc(Cl)cc2Br)c1. The monoisotopic (exact) mass is 350 g/mol. The summed E-state index contributed by atoms with van der Waals surface area (Å²) < 4.78 is 6.23. The van der Waals surface area contributed by atoms with Crippen molar-refractivity contribution in [3.05, 3.63) is 57.5 Å². The molecular formula is C15H12BrClN2O. The summed E-state index contributed by atoms with van der Waals surface area (Å²) in [6.07, 6.45) is 0. The van der Waals surface area contributed by atoms with E-state index in [0.29, 0.717) is 17.3 Å². The van der Waals surface area contributed by atoms with E-state index in [4.69, 9.17) is 21.6 Å². The maximum absolute atomic E-state index is 8.50. The van der Waals surface area contributed by atoms with Crippen LogP contribution in [0.3, 0.4) is 0 Å². The van der Waals surface area contributed by atoms with Crippen LogP contribution in [0.4, 0.5) is 5.69 Å². The lowest BCUT2D eigenvalue weighted by Crippen LogP contribution is -2.01. The lowest BCUT2D eigenvalue weighted by molar-refractivity contribution is 0.368. The summed E-state index contributed by atoms with van der Waals surface area (Å²) in [5.41, 5.74) is 2.04. The molecule has 2 aromatic carbocycles. The highest BCUT2D eigenvalue weighted by atomic mass is 79.9. The van der Waals surface area contributed by atoms with Crippen molar-refractivity contribution >= 4 is 33.2 Å². The summed E-state index contributed by atoms with van der Waals surface area (Å²) in [5.74, 6) is 0.673. The highest BCUT2D eigenvalue weighted by Crippen LogP contribution is 2.23. The Bertz CT molecular complexity index is 640. The predicted octanol–water partition coefficient (Wildman–Crippen LogP) is 4.62. The van der Waals surface area contributed by atoms with Crippen LogP contribution in [0.25, 0.3) is 0 Å². The molecule has 0 radical (unpaired) electrons. The van der Waals surface area contributed by atoms with Crippen molar-refractivity contribution in [2.75, 3.05) is 11.9 Å². The molecule has 0 aromatic heterocycles. The number of rotatable bonds is 5. The van der Waals surface area contributed by atoms with E-state index in [-0.39, 0.29) is 6.61 Å². The Kier molecular flexibility index (Phi) is 5.28. The predicted molar refractivity (Wildman–Crippen MR) is 84.0 cm³/mol. The third-order valence-corrected chi connectivity index (χ3v) is 3.61. The minimum absolute atomic E-state index is 0.0478. The smallest absolute Gasteiger partial charge is 0.174 e. The molecule has 0 saturated heterocycles. The first kappa shape index (κ1) is 14.7. The maximum Gasteiger partial charge on any atom is 0.174 e. The Morgan fingerprint density at radius 2 is 2.10 bits per heavy atom. The molecule has 0 bridgehead atoms. The Hall–Kier alpha value is -1.70. The molecule has 2 aromatic rings. The molecule has 20 heavy (non-hydrogen) atoms. The molecular weight excluding hydrogens is 340 g/mol. The van der Waals surface area contributed by atoms with Crippen molar-refractivity contribution in [3.8, 4) is 11.8 Å². The highest BCUT2D eigenvalue weighted by Gasteiger charge is 2.02. The third kappa shape index (κ3) is 4.16. The van der Waals surface area contributed by atoms with E-state index in [9.17, 15) is 0 Å². The first-order valence-electron chi connectivity index (χ1n) is 5.96. The number of nitrogens with zero attached hydrogens (tertiary/aromatic N) is 1. The lowest BCUT2D eigenvalue weighted by atomic mass is 10.2. The van der Waals surface area contributed by atoms with Gasteiger partial charge < -0.3 is 10.1 Å². The molecule has 1 N–H and O–H groups in total. The summed E-state index contributed by atoms with van der Waals surface area (Å²) >= 11 is 9.39. The molecule has 0 atom stereocenters. The van der Waals surface area contributed by atoms with E-state index in [0.717, 1.165) is 15.7 Å². The van der Waals surface area contributed by atoms with Gasteiger partial charge in [0.2, 0.25) is 0 Å². The Labute approximate surface area is 131 Å². The quantitative estimate of drug-likeness (QED) is 0.855. The normalized spacial score (nSPS) is 9.85. The average molecular weight is 352 g/mol. The second-order valence-corrected chi connectivity index (χ2v) is 5.35. The summed E-state index contributed by atoms with van der Waals surface area (Å²) in [4.78, 5) is 0. The first-order valence-corrected chi connectivity index (χ1v) is 7.14. The van der Waals surface area contributed by atoms with Crippen molar-refractivity contribution in [3.63, 3.8) is 0 Å². The number of halogens is 2. The van der Waals surface area contributed by atoms with E-state index in [1.807, 2.05) is 48.5 Å². The molecule has 0 saturated carbocycles. The Balaban J connectivity index is 2.01. The molecule has 0 spiro atoms.